The zero-order valence-electron chi connectivity index (χ0n) is 15.4. The zero-order valence-corrected chi connectivity index (χ0v) is 15.4. The molecular weight excluding hydrogens is 340 g/mol. The Balaban J connectivity index is 1.67. The summed E-state index contributed by atoms with van der Waals surface area (Å²) in [6, 6.07) is 13.3. The van der Waals surface area contributed by atoms with E-state index in [2.05, 4.69) is 27.5 Å². The fourth-order valence-corrected chi connectivity index (χ4v) is 2.48. The second kappa shape index (κ2) is 8.23. The van der Waals surface area contributed by atoms with Gasteiger partial charge in [-0.3, -0.25) is 0 Å². The number of urea groups is 1. The number of aromatic nitrogens is 1. The number of allylic oxidation sites excluding steroid dienone is 1. The number of amides is 2. The quantitative estimate of drug-likeness (QED) is 0.512. The normalized spacial score (nSPS) is 10.3. The van der Waals surface area contributed by atoms with Gasteiger partial charge < -0.3 is 20.4 Å². The number of nitrogens with zero attached hydrogens (tertiary/aromatic N) is 1. The van der Waals surface area contributed by atoms with Gasteiger partial charge in [0.05, 0.1) is 6.20 Å². The number of benzene rings is 2. The highest BCUT2D eigenvalue weighted by atomic mass is 16.4. The van der Waals surface area contributed by atoms with Crippen molar-refractivity contribution in [1.29, 1.82) is 0 Å². The lowest BCUT2D eigenvalue weighted by atomic mass is 10.2. The molecule has 0 bridgehead atoms. The number of hydrogen-bond acceptors (Lipinski definition) is 4. The number of carbonyl (C=O) groups is 1. The van der Waals surface area contributed by atoms with E-state index in [1.165, 1.54) is 0 Å². The lowest BCUT2D eigenvalue weighted by Gasteiger charge is -2.11. The highest BCUT2D eigenvalue weighted by molar-refractivity contribution is 6.00. The van der Waals surface area contributed by atoms with E-state index in [1.54, 1.807) is 12.3 Å². The Morgan fingerprint density at radius 3 is 2.56 bits per heavy atom. The van der Waals surface area contributed by atoms with Crippen LogP contribution in [0.15, 0.2) is 65.7 Å². The summed E-state index contributed by atoms with van der Waals surface area (Å²) < 4.78 is 5.60. The molecule has 6 heteroatoms. The average Bonchev–Trinajstić information content (AvgIpc) is 3.07. The third kappa shape index (κ3) is 4.98. The molecule has 2 amide bonds. The van der Waals surface area contributed by atoms with Gasteiger partial charge in [-0.25, -0.2) is 9.78 Å². The number of nitrogens with one attached hydrogen (secondary N) is 3. The molecular formula is C21H22N4O2. The van der Waals surface area contributed by atoms with E-state index in [9.17, 15) is 4.79 Å². The van der Waals surface area contributed by atoms with Crippen LogP contribution in [0.2, 0.25) is 0 Å². The molecule has 0 spiro atoms. The van der Waals surface area contributed by atoms with Crippen molar-refractivity contribution >= 4 is 29.1 Å². The molecule has 0 aliphatic carbocycles. The number of hydrogen-bond donors (Lipinski definition) is 3. The minimum Gasteiger partial charge on any atom is -0.428 e. The first-order chi connectivity index (χ1) is 13.0. The number of anilines is 4. The second-order valence-corrected chi connectivity index (χ2v) is 6.22. The number of aryl methyl sites for hydroxylation is 2. The molecule has 0 aliphatic heterocycles. The first-order valence-electron chi connectivity index (χ1n) is 8.61. The van der Waals surface area contributed by atoms with Crippen molar-refractivity contribution < 1.29 is 9.21 Å². The topological polar surface area (TPSA) is 79.2 Å². The maximum atomic E-state index is 12.2. The molecule has 2 aromatic carbocycles. The van der Waals surface area contributed by atoms with E-state index in [4.69, 9.17) is 4.42 Å². The van der Waals surface area contributed by atoms with Crippen molar-refractivity contribution in [3.8, 4) is 0 Å². The number of rotatable bonds is 6. The van der Waals surface area contributed by atoms with Gasteiger partial charge in [-0.2, -0.15) is 0 Å². The molecule has 0 aliphatic rings. The van der Waals surface area contributed by atoms with Crippen molar-refractivity contribution in [2.45, 2.75) is 20.3 Å². The Kier molecular flexibility index (Phi) is 5.56. The molecule has 0 radical (unpaired) electrons. The van der Waals surface area contributed by atoms with Crippen LogP contribution in [0.4, 0.5) is 27.9 Å². The van der Waals surface area contributed by atoms with Crippen molar-refractivity contribution in [3.05, 3.63) is 78.2 Å². The number of carbonyl (C=O) groups excluding carboxylic acids is 1. The summed E-state index contributed by atoms with van der Waals surface area (Å²) in [6.07, 6.45) is 4.04. The predicted octanol–water partition coefficient (Wildman–Crippen LogP) is 5.41. The lowest BCUT2D eigenvalue weighted by Crippen LogP contribution is -2.19. The average molecular weight is 362 g/mol. The molecule has 3 N–H and O–H groups in total. The van der Waals surface area contributed by atoms with Crippen LogP contribution in [0.25, 0.3) is 0 Å². The third-order valence-electron chi connectivity index (χ3n) is 3.95. The van der Waals surface area contributed by atoms with Crippen LogP contribution < -0.4 is 16.0 Å². The Morgan fingerprint density at radius 2 is 1.81 bits per heavy atom. The van der Waals surface area contributed by atoms with Crippen molar-refractivity contribution in [3.63, 3.8) is 0 Å². The molecule has 0 saturated heterocycles. The molecule has 1 aromatic heterocycles. The Morgan fingerprint density at radius 1 is 1.11 bits per heavy atom. The molecule has 0 unspecified atom stereocenters. The van der Waals surface area contributed by atoms with Crippen LogP contribution in [0.3, 0.4) is 0 Å². The molecule has 138 valence electrons. The monoisotopic (exact) mass is 362 g/mol. The van der Waals surface area contributed by atoms with E-state index in [-0.39, 0.29) is 6.03 Å². The van der Waals surface area contributed by atoms with Crippen LogP contribution in [0, 0.1) is 13.8 Å². The Labute approximate surface area is 158 Å². The minimum atomic E-state index is -0.307. The van der Waals surface area contributed by atoms with E-state index in [0.717, 1.165) is 28.3 Å². The van der Waals surface area contributed by atoms with Gasteiger partial charge in [0.1, 0.15) is 5.76 Å². The molecule has 0 fully saturated rings. The summed E-state index contributed by atoms with van der Waals surface area (Å²) in [5.41, 5.74) is 4.33. The van der Waals surface area contributed by atoms with Gasteiger partial charge in [0.2, 0.25) is 0 Å². The van der Waals surface area contributed by atoms with Crippen LogP contribution in [0.1, 0.15) is 16.9 Å². The highest BCUT2D eigenvalue weighted by Crippen LogP contribution is 2.24. The van der Waals surface area contributed by atoms with Gasteiger partial charge in [-0.05, 0) is 43.7 Å². The molecule has 6 nitrogen and oxygen atoms in total. The van der Waals surface area contributed by atoms with Gasteiger partial charge >= 0.3 is 6.03 Å². The smallest absolute Gasteiger partial charge is 0.323 e. The molecule has 3 rings (SSSR count). The molecule has 0 saturated carbocycles. The van der Waals surface area contributed by atoms with E-state index in [0.29, 0.717) is 18.1 Å². The maximum absolute atomic E-state index is 12.2. The summed E-state index contributed by atoms with van der Waals surface area (Å²) in [5, 5.41) is 8.77. The summed E-state index contributed by atoms with van der Waals surface area (Å²) >= 11 is 0. The Hall–Kier alpha value is -3.54. The summed E-state index contributed by atoms with van der Waals surface area (Å²) in [7, 11) is 0. The van der Waals surface area contributed by atoms with Crippen LogP contribution in [-0.4, -0.2) is 11.0 Å². The van der Waals surface area contributed by atoms with Crippen molar-refractivity contribution in [2.75, 3.05) is 16.0 Å². The standard InChI is InChI=1S/C21H22N4O2/c1-4-5-18-13-22-21(27-18)25-19-12-17(11-8-15(19)3)24-20(26)23-16-9-6-14(2)7-10-16/h4,6-13H,1,5H2,2-3H3,(H,22,25)(H2,23,24,26). The van der Waals surface area contributed by atoms with Crippen LogP contribution in [-0.2, 0) is 6.42 Å². The van der Waals surface area contributed by atoms with Crippen molar-refractivity contribution in [1.82, 2.24) is 4.98 Å². The molecule has 0 atom stereocenters. The Bertz CT molecular complexity index is 945. The fraction of sp³-hybridized carbons (Fsp3) is 0.143. The van der Waals surface area contributed by atoms with Gasteiger partial charge in [-0.1, -0.05) is 29.8 Å². The molecule has 3 aromatic rings. The summed E-state index contributed by atoms with van der Waals surface area (Å²) in [6.45, 7) is 7.65. The first-order valence-corrected chi connectivity index (χ1v) is 8.61. The summed E-state index contributed by atoms with van der Waals surface area (Å²) in [4.78, 5) is 16.4. The molecule has 1 heterocycles. The maximum Gasteiger partial charge on any atom is 0.323 e. The van der Waals surface area contributed by atoms with Gasteiger partial charge in [0, 0.05) is 23.5 Å². The van der Waals surface area contributed by atoms with Crippen molar-refractivity contribution in [2.24, 2.45) is 0 Å². The second-order valence-electron chi connectivity index (χ2n) is 6.22. The first kappa shape index (κ1) is 18.3. The largest absolute Gasteiger partial charge is 0.428 e. The van der Waals surface area contributed by atoms with Gasteiger partial charge in [0.25, 0.3) is 6.01 Å². The minimum absolute atomic E-state index is 0.307. The lowest BCUT2D eigenvalue weighted by molar-refractivity contribution is 0.262. The van der Waals surface area contributed by atoms with E-state index < -0.39 is 0 Å². The third-order valence-corrected chi connectivity index (χ3v) is 3.95. The van der Waals surface area contributed by atoms with Gasteiger partial charge in [0.15, 0.2) is 0 Å². The van der Waals surface area contributed by atoms with E-state index in [1.807, 2.05) is 56.3 Å². The van der Waals surface area contributed by atoms with E-state index >= 15 is 0 Å². The highest BCUT2D eigenvalue weighted by Gasteiger charge is 2.08. The molecule has 27 heavy (non-hydrogen) atoms. The van der Waals surface area contributed by atoms with Gasteiger partial charge in [-0.15, -0.1) is 6.58 Å². The fourth-order valence-electron chi connectivity index (χ4n) is 2.48. The van der Waals surface area contributed by atoms with Crippen LogP contribution >= 0.6 is 0 Å². The summed E-state index contributed by atoms with van der Waals surface area (Å²) in [5.74, 6) is 0.733. The van der Waals surface area contributed by atoms with Crippen LogP contribution in [0.5, 0.6) is 0 Å². The SMILES string of the molecule is C=CCc1cnc(Nc2cc(NC(=O)Nc3ccc(C)cc3)ccc2C)o1. The predicted molar refractivity (Wildman–Crippen MR) is 109 cm³/mol. The zero-order chi connectivity index (χ0) is 19.2. The number of oxazole rings is 1.